The Morgan fingerprint density at radius 2 is 1.92 bits per heavy atom. The summed E-state index contributed by atoms with van der Waals surface area (Å²) >= 11 is 0. The number of nitrogens with one attached hydrogen (secondary N) is 1. The van der Waals surface area contributed by atoms with Crippen LogP contribution >= 0.6 is 0 Å². The maximum Gasteiger partial charge on any atom is 0.255 e. The van der Waals surface area contributed by atoms with Crippen molar-refractivity contribution in [1.82, 2.24) is 4.98 Å². The van der Waals surface area contributed by atoms with Crippen molar-refractivity contribution in [1.29, 1.82) is 5.26 Å². The van der Waals surface area contributed by atoms with Crippen LogP contribution in [0.15, 0.2) is 67.0 Å². The first-order chi connectivity index (χ1) is 12.1. The second-order valence-corrected chi connectivity index (χ2v) is 5.12. The highest BCUT2D eigenvalue weighted by atomic mass is 19.1. The second-order valence-electron chi connectivity index (χ2n) is 5.12. The number of nitriles is 1. The fraction of sp³-hybridized carbons (Fsp3) is 0. The Balaban J connectivity index is 1.75. The number of carbonyl (C=O) groups is 1. The summed E-state index contributed by atoms with van der Waals surface area (Å²) in [7, 11) is 0. The number of amides is 1. The molecular formula is C19H12FN3O2. The molecular weight excluding hydrogens is 321 g/mol. The Morgan fingerprint density at radius 1 is 1.08 bits per heavy atom. The predicted molar refractivity (Wildman–Crippen MR) is 89.8 cm³/mol. The first kappa shape index (κ1) is 16.1. The standard InChI is InChI=1S/C19H12FN3O2/c20-15-8-18(12-22-11-15)25-17-6-2-5-16(9-17)23-19(24)14-4-1-3-13(7-14)10-21/h1-9,11-12H,(H,23,24). The summed E-state index contributed by atoms with van der Waals surface area (Å²) in [5.41, 5.74) is 1.29. The van der Waals surface area contributed by atoms with E-state index in [1.165, 1.54) is 18.3 Å². The smallest absolute Gasteiger partial charge is 0.255 e. The largest absolute Gasteiger partial charge is 0.456 e. The van der Waals surface area contributed by atoms with Gasteiger partial charge in [0.15, 0.2) is 0 Å². The Labute approximate surface area is 143 Å². The van der Waals surface area contributed by atoms with Gasteiger partial charge in [0.25, 0.3) is 5.91 Å². The molecule has 0 fully saturated rings. The van der Waals surface area contributed by atoms with E-state index in [-0.39, 0.29) is 11.7 Å². The van der Waals surface area contributed by atoms with E-state index in [9.17, 15) is 9.18 Å². The molecule has 0 aliphatic carbocycles. The Hall–Kier alpha value is -3.72. The molecule has 0 atom stereocenters. The maximum atomic E-state index is 13.1. The number of rotatable bonds is 4. The van der Waals surface area contributed by atoms with Crippen molar-refractivity contribution in [2.75, 3.05) is 5.32 Å². The number of halogens is 1. The molecule has 0 aliphatic heterocycles. The van der Waals surface area contributed by atoms with E-state index in [2.05, 4.69) is 10.3 Å². The molecule has 122 valence electrons. The number of benzene rings is 2. The van der Waals surface area contributed by atoms with Gasteiger partial charge >= 0.3 is 0 Å². The molecule has 0 unspecified atom stereocenters. The van der Waals surface area contributed by atoms with Gasteiger partial charge in [0, 0.05) is 23.4 Å². The topological polar surface area (TPSA) is 75.0 Å². The number of pyridine rings is 1. The van der Waals surface area contributed by atoms with E-state index in [0.717, 1.165) is 6.20 Å². The van der Waals surface area contributed by atoms with Crippen LogP contribution < -0.4 is 10.1 Å². The van der Waals surface area contributed by atoms with Crippen LogP contribution in [-0.4, -0.2) is 10.9 Å². The highest BCUT2D eigenvalue weighted by molar-refractivity contribution is 6.04. The first-order valence-electron chi connectivity index (χ1n) is 7.34. The van der Waals surface area contributed by atoms with Gasteiger partial charge in [-0.1, -0.05) is 12.1 Å². The van der Waals surface area contributed by atoms with Gasteiger partial charge in [0.05, 0.1) is 24.0 Å². The summed E-state index contributed by atoms with van der Waals surface area (Å²) < 4.78 is 18.7. The van der Waals surface area contributed by atoms with Crippen LogP contribution in [-0.2, 0) is 0 Å². The van der Waals surface area contributed by atoms with E-state index in [0.29, 0.717) is 22.6 Å². The normalized spacial score (nSPS) is 9.92. The van der Waals surface area contributed by atoms with Crippen molar-refractivity contribution in [2.45, 2.75) is 0 Å². The maximum absolute atomic E-state index is 13.1. The lowest BCUT2D eigenvalue weighted by Gasteiger charge is -2.09. The van der Waals surface area contributed by atoms with Gasteiger partial charge in [-0.05, 0) is 30.3 Å². The van der Waals surface area contributed by atoms with Crippen molar-refractivity contribution in [3.8, 4) is 17.6 Å². The zero-order valence-corrected chi connectivity index (χ0v) is 12.9. The third-order valence-electron chi connectivity index (χ3n) is 3.26. The van der Waals surface area contributed by atoms with Crippen LogP contribution in [0.1, 0.15) is 15.9 Å². The minimum atomic E-state index is -0.501. The van der Waals surface area contributed by atoms with Gasteiger partial charge in [-0.3, -0.25) is 9.78 Å². The lowest BCUT2D eigenvalue weighted by molar-refractivity contribution is 0.102. The fourth-order valence-electron chi connectivity index (χ4n) is 2.15. The number of aromatic nitrogens is 1. The van der Waals surface area contributed by atoms with Crippen LogP contribution in [0.4, 0.5) is 10.1 Å². The minimum Gasteiger partial charge on any atom is -0.456 e. The number of nitrogens with zero attached hydrogens (tertiary/aromatic N) is 2. The zero-order valence-electron chi connectivity index (χ0n) is 12.9. The molecule has 0 saturated carbocycles. The van der Waals surface area contributed by atoms with E-state index in [4.69, 9.17) is 10.00 Å². The molecule has 0 saturated heterocycles. The van der Waals surface area contributed by atoms with Crippen LogP contribution in [0.25, 0.3) is 0 Å². The highest BCUT2D eigenvalue weighted by Crippen LogP contribution is 2.24. The van der Waals surface area contributed by atoms with Crippen LogP contribution in [0.3, 0.4) is 0 Å². The van der Waals surface area contributed by atoms with E-state index in [1.54, 1.807) is 42.5 Å². The monoisotopic (exact) mass is 333 g/mol. The SMILES string of the molecule is N#Cc1cccc(C(=O)Nc2cccc(Oc3cncc(F)c3)c2)c1. The molecule has 1 heterocycles. The molecule has 25 heavy (non-hydrogen) atoms. The third kappa shape index (κ3) is 4.18. The lowest BCUT2D eigenvalue weighted by Crippen LogP contribution is -2.11. The molecule has 0 aliphatic rings. The summed E-state index contributed by atoms with van der Waals surface area (Å²) in [6, 6.07) is 16.3. The summed E-state index contributed by atoms with van der Waals surface area (Å²) in [5, 5.41) is 11.6. The van der Waals surface area contributed by atoms with Gasteiger partial charge in [-0.2, -0.15) is 5.26 Å². The van der Waals surface area contributed by atoms with E-state index in [1.807, 2.05) is 6.07 Å². The molecule has 1 N–H and O–H groups in total. The summed E-state index contributed by atoms with van der Waals surface area (Å²) in [6.45, 7) is 0. The van der Waals surface area contributed by atoms with Gasteiger partial charge in [-0.25, -0.2) is 4.39 Å². The molecule has 0 radical (unpaired) electrons. The second kappa shape index (κ2) is 7.23. The number of hydrogen-bond acceptors (Lipinski definition) is 4. The summed E-state index contributed by atoms with van der Waals surface area (Å²) in [4.78, 5) is 16.0. The number of ether oxygens (including phenoxy) is 1. The summed E-state index contributed by atoms with van der Waals surface area (Å²) in [6.07, 6.45) is 2.47. The van der Waals surface area contributed by atoms with Crippen molar-refractivity contribution in [2.24, 2.45) is 0 Å². The fourth-order valence-corrected chi connectivity index (χ4v) is 2.15. The third-order valence-corrected chi connectivity index (χ3v) is 3.26. The molecule has 3 aromatic rings. The van der Waals surface area contributed by atoms with Crippen molar-refractivity contribution >= 4 is 11.6 Å². The van der Waals surface area contributed by atoms with Crippen molar-refractivity contribution < 1.29 is 13.9 Å². The van der Waals surface area contributed by atoms with Gasteiger partial charge in [-0.15, -0.1) is 0 Å². The van der Waals surface area contributed by atoms with Gasteiger partial charge in [0.2, 0.25) is 0 Å². The summed E-state index contributed by atoms with van der Waals surface area (Å²) in [5.74, 6) is -0.165. The Morgan fingerprint density at radius 3 is 2.72 bits per heavy atom. The number of hydrogen-bond donors (Lipinski definition) is 1. The highest BCUT2D eigenvalue weighted by Gasteiger charge is 2.08. The molecule has 3 rings (SSSR count). The van der Waals surface area contributed by atoms with Crippen LogP contribution in [0.5, 0.6) is 11.5 Å². The van der Waals surface area contributed by atoms with Crippen molar-refractivity contribution in [3.63, 3.8) is 0 Å². The van der Waals surface area contributed by atoms with E-state index < -0.39 is 5.82 Å². The molecule has 5 nitrogen and oxygen atoms in total. The van der Waals surface area contributed by atoms with Gasteiger partial charge < -0.3 is 10.1 Å². The minimum absolute atomic E-state index is 0.255. The molecule has 6 heteroatoms. The lowest BCUT2D eigenvalue weighted by atomic mass is 10.1. The Bertz CT molecular complexity index is 967. The molecule has 1 aromatic heterocycles. The van der Waals surface area contributed by atoms with Crippen molar-refractivity contribution in [3.05, 3.63) is 83.9 Å². The molecule has 2 aromatic carbocycles. The van der Waals surface area contributed by atoms with E-state index >= 15 is 0 Å². The zero-order chi connectivity index (χ0) is 17.6. The van der Waals surface area contributed by atoms with Crippen LogP contribution in [0.2, 0.25) is 0 Å². The first-order valence-corrected chi connectivity index (χ1v) is 7.34. The van der Waals surface area contributed by atoms with Gasteiger partial charge in [0.1, 0.15) is 17.3 Å². The number of anilines is 1. The average molecular weight is 333 g/mol. The molecule has 1 amide bonds. The predicted octanol–water partition coefficient (Wildman–Crippen LogP) is 4.14. The van der Waals surface area contributed by atoms with Crippen LogP contribution in [0, 0.1) is 17.1 Å². The average Bonchev–Trinajstić information content (AvgIpc) is 2.62. The number of carbonyl (C=O) groups excluding carboxylic acids is 1. The molecule has 0 spiro atoms. The molecule has 0 bridgehead atoms. The quantitative estimate of drug-likeness (QED) is 0.779. The Kier molecular flexibility index (Phi) is 4.67.